The van der Waals surface area contributed by atoms with Gasteiger partial charge in [0.15, 0.2) is 0 Å². The van der Waals surface area contributed by atoms with Gasteiger partial charge in [0.1, 0.15) is 5.78 Å². The molecule has 1 N–H and O–H groups in total. The Bertz CT molecular complexity index is 116. The summed E-state index contributed by atoms with van der Waals surface area (Å²) < 4.78 is 0. The highest BCUT2D eigenvalue weighted by Gasteiger charge is 2.14. The first-order valence-corrected chi connectivity index (χ1v) is 3.54. The minimum absolute atomic E-state index is 0. The fraction of sp³-hybridized carbons (Fsp3) is 0.857. The minimum Gasteiger partial charge on any atom is -0.316 e. The average Bonchev–Trinajstić information content (AvgIpc) is 1.99. The zero-order valence-electron chi connectivity index (χ0n) is 6.22. The number of carbonyl (C=O) groups excluding carboxylic acids is 1. The molecule has 1 aliphatic rings. The Hall–Kier alpha value is -0.0800. The van der Waals surface area contributed by atoms with E-state index in [0.717, 1.165) is 25.9 Å². The van der Waals surface area contributed by atoms with Crippen molar-refractivity contribution in [2.45, 2.75) is 19.8 Å². The number of carbonyl (C=O) groups is 1. The van der Waals surface area contributed by atoms with Gasteiger partial charge in [0, 0.05) is 18.9 Å². The van der Waals surface area contributed by atoms with Gasteiger partial charge in [0.2, 0.25) is 0 Å². The molecule has 0 spiro atoms. The quantitative estimate of drug-likeness (QED) is 0.577. The molecule has 0 aromatic heterocycles. The fourth-order valence-electron chi connectivity index (χ4n) is 1.07. The summed E-state index contributed by atoms with van der Waals surface area (Å²) in [7, 11) is 0. The predicted octanol–water partition coefficient (Wildman–Crippen LogP) is 0.997. The van der Waals surface area contributed by atoms with E-state index in [1.54, 1.807) is 0 Å². The summed E-state index contributed by atoms with van der Waals surface area (Å²) in [4.78, 5) is 11.0. The summed E-state index contributed by atoms with van der Waals surface area (Å²) in [5, 5.41) is 3.21. The number of ketones is 1. The van der Waals surface area contributed by atoms with Crippen LogP contribution in [0.4, 0.5) is 0 Å². The maximum absolute atomic E-state index is 11.0. The molecular weight excluding hydrogens is 150 g/mol. The summed E-state index contributed by atoms with van der Waals surface area (Å²) in [5.41, 5.74) is 0. The normalized spacial score (nSPS) is 26.9. The summed E-state index contributed by atoms with van der Waals surface area (Å²) in [6.07, 6.45) is 1.79. The molecule has 0 aliphatic carbocycles. The number of halogens is 1. The third-order valence-corrected chi connectivity index (χ3v) is 1.78. The van der Waals surface area contributed by atoms with Crippen LogP contribution in [-0.2, 0) is 4.79 Å². The third-order valence-electron chi connectivity index (χ3n) is 1.78. The van der Waals surface area contributed by atoms with Crippen molar-refractivity contribution in [1.82, 2.24) is 5.32 Å². The van der Waals surface area contributed by atoms with Crippen molar-refractivity contribution in [2.75, 3.05) is 13.1 Å². The molecule has 0 radical (unpaired) electrons. The van der Waals surface area contributed by atoms with Crippen LogP contribution in [0, 0.1) is 5.92 Å². The number of rotatable bonds is 0. The van der Waals surface area contributed by atoms with Crippen LogP contribution < -0.4 is 5.32 Å². The molecule has 1 atom stereocenters. The van der Waals surface area contributed by atoms with Gasteiger partial charge in [-0.05, 0) is 13.0 Å². The molecular formula is C7H14ClNO. The van der Waals surface area contributed by atoms with E-state index in [2.05, 4.69) is 5.32 Å². The van der Waals surface area contributed by atoms with Crippen molar-refractivity contribution in [3.8, 4) is 0 Å². The van der Waals surface area contributed by atoms with Gasteiger partial charge in [-0.1, -0.05) is 6.92 Å². The van der Waals surface area contributed by atoms with E-state index in [-0.39, 0.29) is 18.3 Å². The molecule has 0 unspecified atom stereocenters. The molecule has 1 heterocycles. The largest absolute Gasteiger partial charge is 0.316 e. The maximum atomic E-state index is 11.0. The Labute approximate surface area is 67.8 Å². The smallest absolute Gasteiger partial charge is 0.137 e. The molecule has 1 rings (SSSR count). The SMILES string of the molecule is C[C@H]1CNCCCC1=O.Cl. The van der Waals surface area contributed by atoms with E-state index in [4.69, 9.17) is 0 Å². The van der Waals surface area contributed by atoms with Crippen LogP contribution in [0.2, 0.25) is 0 Å². The molecule has 2 nitrogen and oxygen atoms in total. The van der Waals surface area contributed by atoms with Crippen LogP contribution >= 0.6 is 12.4 Å². The summed E-state index contributed by atoms with van der Waals surface area (Å²) in [6.45, 7) is 3.87. The molecule has 3 heteroatoms. The van der Waals surface area contributed by atoms with Crippen molar-refractivity contribution >= 4 is 18.2 Å². The molecule has 1 saturated heterocycles. The summed E-state index contributed by atoms with van der Waals surface area (Å²) in [5.74, 6) is 0.660. The monoisotopic (exact) mass is 163 g/mol. The first kappa shape index (κ1) is 9.92. The molecule has 0 bridgehead atoms. The van der Waals surface area contributed by atoms with Gasteiger partial charge in [-0.15, -0.1) is 12.4 Å². The Morgan fingerprint density at radius 1 is 1.60 bits per heavy atom. The first-order valence-electron chi connectivity index (χ1n) is 3.54. The topological polar surface area (TPSA) is 29.1 Å². The molecule has 1 fully saturated rings. The van der Waals surface area contributed by atoms with E-state index >= 15 is 0 Å². The van der Waals surface area contributed by atoms with E-state index in [1.807, 2.05) is 6.92 Å². The Morgan fingerprint density at radius 3 is 3.00 bits per heavy atom. The number of Topliss-reactive ketones (excluding diaryl/α,β-unsaturated/α-hetero) is 1. The van der Waals surface area contributed by atoms with E-state index < -0.39 is 0 Å². The first-order chi connectivity index (χ1) is 4.30. The van der Waals surface area contributed by atoms with Gasteiger partial charge >= 0.3 is 0 Å². The summed E-state index contributed by atoms with van der Waals surface area (Å²) in [6, 6.07) is 0. The fourth-order valence-corrected chi connectivity index (χ4v) is 1.07. The second-order valence-electron chi connectivity index (χ2n) is 2.68. The third kappa shape index (κ3) is 2.67. The number of nitrogens with one attached hydrogen (secondary N) is 1. The number of hydrogen-bond donors (Lipinski definition) is 1. The molecule has 10 heavy (non-hydrogen) atoms. The van der Waals surface area contributed by atoms with E-state index in [1.165, 1.54) is 0 Å². The van der Waals surface area contributed by atoms with E-state index in [0.29, 0.717) is 5.78 Å². The molecule has 0 saturated carbocycles. The van der Waals surface area contributed by atoms with Crippen LogP contribution in [0.1, 0.15) is 19.8 Å². The van der Waals surface area contributed by atoms with Gasteiger partial charge in [-0.2, -0.15) is 0 Å². The van der Waals surface area contributed by atoms with Gasteiger partial charge in [-0.3, -0.25) is 4.79 Å². The molecule has 1 aliphatic heterocycles. The van der Waals surface area contributed by atoms with Crippen LogP contribution in [0.25, 0.3) is 0 Å². The second kappa shape index (κ2) is 4.69. The van der Waals surface area contributed by atoms with Gasteiger partial charge in [-0.25, -0.2) is 0 Å². The zero-order chi connectivity index (χ0) is 6.69. The van der Waals surface area contributed by atoms with Gasteiger partial charge in [0.25, 0.3) is 0 Å². The van der Waals surface area contributed by atoms with Crippen molar-refractivity contribution in [1.29, 1.82) is 0 Å². The standard InChI is InChI=1S/C7H13NO.ClH/c1-6-5-8-4-2-3-7(6)9;/h6,8H,2-5H2,1H3;1H/t6-;/m0./s1. The van der Waals surface area contributed by atoms with Gasteiger partial charge in [0.05, 0.1) is 0 Å². The highest BCUT2D eigenvalue weighted by molar-refractivity contribution is 5.85. The van der Waals surface area contributed by atoms with Crippen LogP contribution in [0.15, 0.2) is 0 Å². The second-order valence-corrected chi connectivity index (χ2v) is 2.68. The zero-order valence-corrected chi connectivity index (χ0v) is 7.04. The lowest BCUT2D eigenvalue weighted by atomic mass is 10.1. The molecule has 60 valence electrons. The summed E-state index contributed by atoms with van der Waals surface area (Å²) >= 11 is 0. The van der Waals surface area contributed by atoms with E-state index in [9.17, 15) is 4.79 Å². The van der Waals surface area contributed by atoms with Crippen molar-refractivity contribution in [2.24, 2.45) is 5.92 Å². The molecule has 0 aromatic rings. The van der Waals surface area contributed by atoms with Crippen LogP contribution in [0.5, 0.6) is 0 Å². The lowest BCUT2D eigenvalue weighted by Crippen LogP contribution is -2.21. The Morgan fingerprint density at radius 2 is 2.30 bits per heavy atom. The molecule has 0 aromatic carbocycles. The van der Waals surface area contributed by atoms with Crippen LogP contribution in [0.3, 0.4) is 0 Å². The predicted molar refractivity (Wildman–Crippen MR) is 43.5 cm³/mol. The van der Waals surface area contributed by atoms with Crippen molar-refractivity contribution in [3.63, 3.8) is 0 Å². The Kier molecular flexibility index (Phi) is 4.65. The Balaban J connectivity index is 0.000000810. The highest BCUT2D eigenvalue weighted by Crippen LogP contribution is 2.04. The minimum atomic E-state index is 0. The van der Waals surface area contributed by atoms with Crippen molar-refractivity contribution < 1.29 is 4.79 Å². The molecule has 0 amide bonds. The maximum Gasteiger partial charge on any atom is 0.137 e. The van der Waals surface area contributed by atoms with Crippen molar-refractivity contribution in [3.05, 3.63) is 0 Å². The van der Waals surface area contributed by atoms with Gasteiger partial charge < -0.3 is 5.32 Å². The lowest BCUT2D eigenvalue weighted by Gasteiger charge is -2.03. The lowest BCUT2D eigenvalue weighted by molar-refractivity contribution is -0.121. The van der Waals surface area contributed by atoms with Crippen LogP contribution in [-0.4, -0.2) is 18.9 Å². The number of hydrogen-bond acceptors (Lipinski definition) is 2. The average molecular weight is 164 g/mol. The highest BCUT2D eigenvalue weighted by atomic mass is 35.5.